The Labute approximate surface area is 236 Å². The Hall–Kier alpha value is -5.00. The maximum absolute atomic E-state index is 12.7. The zero-order chi connectivity index (χ0) is 27.7. The summed E-state index contributed by atoms with van der Waals surface area (Å²) in [6.07, 6.45) is 0. The number of thioether (sulfide) groups is 1. The summed E-state index contributed by atoms with van der Waals surface area (Å²) in [6, 6.07) is 33.0. The molecule has 0 aliphatic carbocycles. The van der Waals surface area contributed by atoms with E-state index < -0.39 is 5.56 Å². The van der Waals surface area contributed by atoms with Crippen molar-refractivity contribution < 1.29 is 9.47 Å². The smallest absolute Gasteiger partial charge is 0.276 e. The van der Waals surface area contributed by atoms with Gasteiger partial charge in [-0.3, -0.25) is 4.79 Å². The van der Waals surface area contributed by atoms with E-state index in [1.54, 1.807) is 19.2 Å². The highest BCUT2D eigenvalue weighted by Gasteiger charge is 2.15. The molecule has 198 valence electrons. The van der Waals surface area contributed by atoms with Gasteiger partial charge in [0.1, 0.15) is 17.2 Å². The summed E-state index contributed by atoms with van der Waals surface area (Å²) < 4.78 is 11.2. The van der Waals surface area contributed by atoms with E-state index in [1.807, 2.05) is 78.9 Å². The average molecular weight is 547 g/mol. The number of hydrogen-bond donors (Lipinski definition) is 2. The molecule has 40 heavy (non-hydrogen) atoms. The molecule has 0 aliphatic heterocycles. The molecule has 0 unspecified atom stereocenters. The molecule has 0 saturated heterocycles. The molecule has 5 rings (SSSR count). The Morgan fingerprint density at radius 2 is 1.62 bits per heavy atom. The summed E-state index contributed by atoms with van der Waals surface area (Å²) in [5.41, 5.74) is 3.64. The zero-order valence-electron chi connectivity index (χ0n) is 21.8. The van der Waals surface area contributed by atoms with Crippen LogP contribution in [0.2, 0.25) is 0 Å². The minimum atomic E-state index is -0.459. The largest absolute Gasteiger partial charge is 0.497 e. The van der Waals surface area contributed by atoms with Crippen LogP contribution in [0.15, 0.2) is 113 Å². The first-order chi connectivity index (χ1) is 19.6. The number of anilines is 1. The van der Waals surface area contributed by atoms with Crippen LogP contribution in [-0.4, -0.2) is 17.1 Å². The summed E-state index contributed by atoms with van der Waals surface area (Å²) in [6.45, 7) is 8.12. The summed E-state index contributed by atoms with van der Waals surface area (Å²) in [4.78, 5) is 23.4. The third-order valence-corrected chi connectivity index (χ3v) is 6.95. The highest BCUT2D eigenvalue weighted by molar-refractivity contribution is 7.98. The second-order valence-electron chi connectivity index (χ2n) is 8.82. The highest BCUT2D eigenvalue weighted by atomic mass is 32.2. The van der Waals surface area contributed by atoms with Crippen molar-refractivity contribution in [3.8, 4) is 28.5 Å². The average Bonchev–Trinajstić information content (AvgIpc) is 2.99. The van der Waals surface area contributed by atoms with Crippen LogP contribution in [0.4, 0.5) is 11.4 Å². The lowest BCUT2D eigenvalue weighted by Crippen LogP contribution is -2.09. The number of methoxy groups -OCH3 is 1. The van der Waals surface area contributed by atoms with Crippen molar-refractivity contribution in [2.24, 2.45) is 0 Å². The number of benzene rings is 4. The fourth-order valence-electron chi connectivity index (χ4n) is 4.06. The summed E-state index contributed by atoms with van der Waals surface area (Å²) in [5, 5.41) is 3.92. The molecule has 8 heteroatoms. The predicted octanol–water partition coefficient (Wildman–Crippen LogP) is 7.69. The van der Waals surface area contributed by atoms with Crippen molar-refractivity contribution in [2.75, 3.05) is 12.4 Å². The quantitative estimate of drug-likeness (QED) is 0.106. The number of aromatic amines is 1. The number of para-hydroxylation sites is 1. The normalized spacial score (nSPS) is 10.5. The fourth-order valence-corrected chi connectivity index (χ4v) is 4.86. The summed E-state index contributed by atoms with van der Waals surface area (Å²) in [5.74, 6) is 2.81. The van der Waals surface area contributed by atoms with Crippen LogP contribution < -0.4 is 20.3 Å². The van der Waals surface area contributed by atoms with Gasteiger partial charge in [-0.1, -0.05) is 66.4 Å². The van der Waals surface area contributed by atoms with Crippen molar-refractivity contribution in [1.82, 2.24) is 9.97 Å². The molecule has 0 bridgehead atoms. The topological polar surface area (TPSA) is 80.6 Å². The Morgan fingerprint density at radius 1 is 0.875 bits per heavy atom. The van der Waals surface area contributed by atoms with Crippen LogP contribution in [0, 0.1) is 6.57 Å². The van der Waals surface area contributed by atoms with E-state index in [2.05, 4.69) is 32.3 Å². The Kier molecular flexibility index (Phi) is 8.44. The fraction of sp³-hybridized carbons (Fsp3) is 0.0938. The van der Waals surface area contributed by atoms with Crippen LogP contribution >= 0.6 is 11.8 Å². The summed E-state index contributed by atoms with van der Waals surface area (Å²) >= 11 is 1.41. The second-order valence-corrected chi connectivity index (χ2v) is 9.78. The van der Waals surface area contributed by atoms with Crippen LogP contribution in [0.25, 0.3) is 16.1 Å². The van der Waals surface area contributed by atoms with E-state index in [0.717, 1.165) is 28.3 Å². The maximum atomic E-state index is 12.7. The number of hydrogen-bond acceptors (Lipinski definition) is 6. The Morgan fingerprint density at radius 3 is 2.45 bits per heavy atom. The van der Waals surface area contributed by atoms with Crippen LogP contribution in [-0.2, 0) is 12.3 Å². The first kappa shape index (κ1) is 26.6. The Bertz CT molecular complexity index is 1710. The van der Waals surface area contributed by atoms with Crippen LogP contribution in [0.1, 0.15) is 11.1 Å². The molecule has 0 spiro atoms. The van der Waals surface area contributed by atoms with Gasteiger partial charge >= 0.3 is 0 Å². The van der Waals surface area contributed by atoms with Crippen molar-refractivity contribution in [3.05, 3.63) is 136 Å². The molecule has 0 radical (unpaired) electrons. The lowest BCUT2D eigenvalue weighted by Gasteiger charge is -2.11. The monoisotopic (exact) mass is 546 g/mol. The van der Waals surface area contributed by atoms with Crippen LogP contribution in [0.3, 0.4) is 0 Å². The third kappa shape index (κ3) is 6.70. The van der Waals surface area contributed by atoms with Gasteiger partial charge in [0.25, 0.3) is 11.2 Å². The van der Waals surface area contributed by atoms with Gasteiger partial charge in [-0.2, -0.15) is 0 Å². The molecule has 0 atom stereocenters. The van der Waals surface area contributed by atoms with Crippen LogP contribution in [0.5, 0.6) is 17.2 Å². The molecule has 5 aromatic rings. The van der Waals surface area contributed by atoms with Gasteiger partial charge in [-0.05, 0) is 65.2 Å². The molecule has 0 amide bonds. The lowest BCUT2D eigenvalue weighted by molar-refractivity contribution is 0.415. The predicted molar refractivity (Wildman–Crippen MR) is 159 cm³/mol. The number of rotatable bonds is 10. The first-order valence-corrected chi connectivity index (χ1v) is 13.5. The van der Waals surface area contributed by atoms with Crippen molar-refractivity contribution in [2.45, 2.75) is 17.5 Å². The maximum Gasteiger partial charge on any atom is 0.276 e. The molecule has 2 N–H and O–H groups in total. The number of H-pyrrole nitrogens is 1. The van der Waals surface area contributed by atoms with E-state index >= 15 is 0 Å². The van der Waals surface area contributed by atoms with Gasteiger partial charge in [0.15, 0.2) is 5.16 Å². The molecule has 7 nitrogen and oxygen atoms in total. The SMILES string of the molecule is [C-]#[N+]c1c(-c2cccc(OC)c2)nc(SCc2cccc(NCc3cccc(Oc4ccccc4)c3)c2)[nH]c1=O. The van der Waals surface area contributed by atoms with Gasteiger partial charge in [0, 0.05) is 18.0 Å². The minimum Gasteiger partial charge on any atom is -0.497 e. The number of nitrogens with one attached hydrogen (secondary N) is 2. The van der Waals surface area contributed by atoms with Gasteiger partial charge in [0.05, 0.1) is 19.4 Å². The van der Waals surface area contributed by atoms with E-state index in [4.69, 9.17) is 16.0 Å². The standard InChI is InChI=1S/C32H26N4O3S/c1-33-30-29(24-11-8-15-27(19-24)38-2)35-32(36-31(30)37)40-21-23-10-6-12-25(17-23)34-20-22-9-7-16-28(18-22)39-26-13-4-3-5-14-26/h3-19,34H,20-21H2,2H3,(H,35,36,37). The lowest BCUT2D eigenvalue weighted by atomic mass is 10.1. The van der Waals surface area contributed by atoms with Crippen molar-refractivity contribution >= 4 is 23.1 Å². The highest BCUT2D eigenvalue weighted by Crippen LogP contribution is 2.30. The van der Waals surface area contributed by atoms with E-state index in [9.17, 15) is 4.79 Å². The van der Waals surface area contributed by atoms with Crippen molar-refractivity contribution in [1.29, 1.82) is 0 Å². The molecule has 0 fully saturated rings. The minimum absolute atomic E-state index is 0.0398. The van der Waals surface area contributed by atoms with E-state index in [0.29, 0.717) is 34.5 Å². The summed E-state index contributed by atoms with van der Waals surface area (Å²) in [7, 11) is 1.57. The van der Waals surface area contributed by atoms with E-state index in [-0.39, 0.29) is 5.69 Å². The van der Waals surface area contributed by atoms with Gasteiger partial charge in [0.2, 0.25) is 0 Å². The first-order valence-electron chi connectivity index (χ1n) is 12.5. The van der Waals surface area contributed by atoms with Gasteiger partial charge in [-0.15, -0.1) is 0 Å². The van der Waals surface area contributed by atoms with E-state index in [1.165, 1.54) is 11.8 Å². The number of nitrogens with zero attached hydrogens (tertiary/aromatic N) is 2. The molecular formula is C32H26N4O3S. The van der Waals surface area contributed by atoms with Crippen molar-refractivity contribution in [3.63, 3.8) is 0 Å². The molecule has 0 aliphatic rings. The van der Waals surface area contributed by atoms with Gasteiger partial charge in [-0.25, -0.2) is 9.83 Å². The molecule has 4 aromatic carbocycles. The number of aromatic nitrogens is 2. The zero-order valence-corrected chi connectivity index (χ0v) is 22.6. The van der Waals surface area contributed by atoms with Gasteiger partial charge < -0.3 is 19.8 Å². The number of ether oxygens (including phenoxy) is 2. The molecule has 1 aromatic heterocycles. The Balaban J connectivity index is 1.25. The third-order valence-electron chi connectivity index (χ3n) is 6.00. The molecular weight excluding hydrogens is 520 g/mol. The molecule has 0 saturated carbocycles. The second kappa shape index (κ2) is 12.7. The molecule has 1 heterocycles.